The molecular formula is C19H20N2O3. The molecule has 1 atom stereocenters. The summed E-state index contributed by atoms with van der Waals surface area (Å²) < 4.78 is 11.1. The third-order valence-corrected chi connectivity index (χ3v) is 3.78. The SMILES string of the molecule is C=CCN(C(=O)c1ccnc(O[C@H]2CCOC2)c1)c1ccccc1. The van der Waals surface area contributed by atoms with Crippen molar-refractivity contribution in [3.63, 3.8) is 0 Å². The van der Waals surface area contributed by atoms with Gasteiger partial charge in [0.25, 0.3) is 5.91 Å². The van der Waals surface area contributed by atoms with Gasteiger partial charge in [0, 0.05) is 36.5 Å². The molecule has 1 fully saturated rings. The molecule has 0 N–H and O–H groups in total. The number of pyridine rings is 1. The molecular weight excluding hydrogens is 304 g/mol. The van der Waals surface area contributed by atoms with Gasteiger partial charge in [-0.15, -0.1) is 6.58 Å². The first kappa shape index (κ1) is 16.2. The van der Waals surface area contributed by atoms with Crippen molar-refractivity contribution in [3.05, 3.63) is 66.9 Å². The number of ether oxygens (including phenoxy) is 2. The second-order valence-electron chi connectivity index (χ2n) is 5.53. The smallest absolute Gasteiger partial charge is 0.258 e. The van der Waals surface area contributed by atoms with Gasteiger partial charge in [-0.2, -0.15) is 0 Å². The summed E-state index contributed by atoms with van der Waals surface area (Å²) in [6.07, 6.45) is 4.14. The first-order valence-corrected chi connectivity index (χ1v) is 7.96. The molecule has 5 heteroatoms. The Morgan fingerprint density at radius 3 is 2.92 bits per heavy atom. The fraction of sp³-hybridized carbons (Fsp3) is 0.263. The summed E-state index contributed by atoms with van der Waals surface area (Å²) in [6, 6.07) is 12.9. The Bertz CT molecular complexity index is 697. The van der Waals surface area contributed by atoms with Gasteiger partial charge in [-0.25, -0.2) is 4.98 Å². The van der Waals surface area contributed by atoms with E-state index in [2.05, 4.69) is 11.6 Å². The van der Waals surface area contributed by atoms with Gasteiger partial charge in [0.2, 0.25) is 5.88 Å². The van der Waals surface area contributed by atoms with Crippen molar-refractivity contribution in [2.75, 3.05) is 24.7 Å². The molecule has 124 valence electrons. The summed E-state index contributed by atoms with van der Waals surface area (Å²) in [5, 5.41) is 0. The van der Waals surface area contributed by atoms with E-state index in [1.165, 1.54) is 0 Å². The molecule has 0 radical (unpaired) electrons. The zero-order chi connectivity index (χ0) is 16.8. The quantitative estimate of drug-likeness (QED) is 0.766. The van der Waals surface area contributed by atoms with Gasteiger partial charge < -0.3 is 14.4 Å². The van der Waals surface area contributed by atoms with E-state index in [-0.39, 0.29) is 12.0 Å². The molecule has 2 heterocycles. The van der Waals surface area contributed by atoms with Crippen LogP contribution in [0.5, 0.6) is 5.88 Å². The number of carbonyl (C=O) groups is 1. The summed E-state index contributed by atoms with van der Waals surface area (Å²) >= 11 is 0. The van der Waals surface area contributed by atoms with Crippen LogP contribution in [0, 0.1) is 0 Å². The van der Waals surface area contributed by atoms with E-state index in [9.17, 15) is 4.79 Å². The molecule has 0 spiro atoms. The zero-order valence-corrected chi connectivity index (χ0v) is 13.4. The van der Waals surface area contributed by atoms with Gasteiger partial charge in [-0.3, -0.25) is 4.79 Å². The maximum Gasteiger partial charge on any atom is 0.258 e. The Kier molecular flexibility index (Phi) is 5.23. The molecule has 1 aliphatic rings. The van der Waals surface area contributed by atoms with Gasteiger partial charge in [0.1, 0.15) is 6.10 Å². The summed E-state index contributed by atoms with van der Waals surface area (Å²) in [7, 11) is 0. The monoisotopic (exact) mass is 324 g/mol. The largest absolute Gasteiger partial charge is 0.472 e. The first-order chi connectivity index (χ1) is 11.8. The highest BCUT2D eigenvalue weighted by atomic mass is 16.5. The molecule has 5 nitrogen and oxygen atoms in total. The van der Waals surface area contributed by atoms with Crippen LogP contribution < -0.4 is 9.64 Å². The first-order valence-electron chi connectivity index (χ1n) is 7.96. The van der Waals surface area contributed by atoms with Crippen LogP contribution in [0.2, 0.25) is 0 Å². The normalized spacial score (nSPS) is 16.6. The number of amides is 1. The molecule has 0 aliphatic carbocycles. The highest BCUT2D eigenvalue weighted by molar-refractivity contribution is 6.06. The summed E-state index contributed by atoms with van der Waals surface area (Å²) in [5.41, 5.74) is 1.36. The van der Waals surface area contributed by atoms with Gasteiger partial charge >= 0.3 is 0 Å². The van der Waals surface area contributed by atoms with Crippen LogP contribution in [0.25, 0.3) is 0 Å². The van der Waals surface area contributed by atoms with Crippen molar-refractivity contribution >= 4 is 11.6 Å². The number of para-hydroxylation sites is 1. The van der Waals surface area contributed by atoms with E-state index in [1.807, 2.05) is 30.3 Å². The zero-order valence-electron chi connectivity index (χ0n) is 13.4. The average molecular weight is 324 g/mol. The summed E-state index contributed by atoms with van der Waals surface area (Å²) in [5.74, 6) is 0.332. The second-order valence-corrected chi connectivity index (χ2v) is 5.53. The maximum absolute atomic E-state index is 12.9. The molecule has 1 aromatic carbocycles. The minimum absolute atomic E-state index is 0.00116. The van der Waals surface area contributed by atoms with Crippen LogP contribution in [0.15, 0.2) is 61.3 Å². The second kappa shape index (κ2) is 7.75. The van der Waals surface area contributed by atoms with Gasteiger partial charge in [0.05, 0.1) is 13.2 Å². The Hall–Kier alpha value is -2.66. The molecule has 3 rings (SSSR count). The van der Waals surface area contributed by atoms with Crippen molar-refractivity contribution in [1.29, 1.82) is 0 Å². The number of nitrogens with zero attached hydrogens (tertiary/aromatic N) is 2. The van der Waals surface area contributed by atoms with E-state index in [4.69, 9.17) is 9.47 Å². The fourth-order valence-electron chi connectivity index (χ4n) is 2.58. The Morgan fingerprint density at radius 2 is 2.21 bits per heavy atom. The molecule has 0 saturated carbocycles. The Balaban J connectivity index is 1.80. The number of anilines is 1. The number of carbonyl (C=O) groups excluding carboxylic acids is 1. The van der Waals surface area contributed by atoms with Crippen LogP contribution in [0.1, 0.15) is 16.8 Å². The van der Waals surface area contributed by atoms with Crippen molar-refractivity contribution < 1.29 is 14.3 Å². The lowest BCUT2D eigenvalue weighted by atomic mass is 10.2. The number of aromatic nitrogens is 1. The number of hydrogen-bond donors (Lipinski definition) is 0. The molecule has 0 bridgehead atoms. The van der Waals surface area contributed by atoms with E-state index in [1.54, 1.807) is 29.3 Å². The van der Waals surface area contributed by atoms with Gasteiger partial charge in [-0.05, 0) is 18.2 Å². The summed E-state index contributed by atoms with van der Waals surface area (Å²) in [4.78, 5) is 18.8. The van der Waals surface area contributed by atoms with E-state index >= 15 is 0 Å². The highest BCUT2D eigenvalue weighted by Crippen LogP contribution is 2.20. The molecule has 1 saturated heterocycles. The van der Waals surface area contributed by atoms with Crippen molar-refractivity contribution in [3.8, 4) is 5.88 Å². The average Bonchev–Trinajstić information content (AvgIpc) is 3.13. The van der Waals surface area contributed by atoms with Crippen LogP contribution >= 0.6 is 0 Å². The molecule has 0 unspecified atom stereocenters. The molecule has 1 aromatic heterocycles. The topological polar surface area (TPSA) is 51.7 Å². The van der Waals surface area contributed by atoms with E-state index < -0.39 is 0 Å². The van der Waals surface area contributed by atoms with E-state index in [0.717, 1.165) is 12.1 Å². The van der Waals surface area contributed by atoms with Gasteiger partial charge in [0.15, 0.2) is 0 Å². The highest BCUT2D eigenvalue weighted by Gasteiger charge is 2.20. The molecule has 24 heavy (non-hydrogen) atoms. The maximum atomic E-state index is 12.9. The summed E-state index contributed by atoms with van der Waals surface area (Å²) in [6.45, 7) is 5.43. The van der Waals surface area contributed by atoms with Crippen LogP contribution in [0.4, 0.5) is 5.69 Å². The molecule has 2 aromatic rings. The lowest BCUT2D eigenvalue weighted by Gasteiger charge is -2.21. The Labute approximate surface area is 141 Å². The third-order valence-electron chi connectivity index (χ3n) is 3.78. The minimum atomic E-state index is -0.115. The molecule has 1 amide bonds. The van der Waals surface area contributed by atoms with Crippen LogP contribution in [-0.4, -0.2) is 36.8 Å². The third kappa shape index (κ3) is 3.81. The van der Waals surface area contributed by atoms with Crippen molar-refractivity contribution in [2.24, 2.45) is 0 Å². The van der Waals surface area contributed by atoms with Crippen LogP contribution in [0.3, 0.4) is 0 Å². The van der Waals surface area contributed by atoms with E-state index in [0.29, 0.717) is 31.2 Å². The predicted molar refractivity (Wildman–Crippen MR) is 92.4 cm³/mol. The van der Waals surface area contributed by atoms with Crippen molar-refractivity contribution in [1.82, 2.24) is 4.98 Å². The number of rotatable bonds is 6. The lowest BCUT2D eigenvalue weighted by Crippen LogP contribution is -2.31. The predicted octanol–water partition coefficient (Wildman–Crippen LogP) is 3.08. The lowest BCUT2D eigenvalue weighted by molar-refractivity contribution is 0.0988. The van der Waals surface area contributed by atoms with Crippen LogP contribution in [-0.2, 0) is 4.74 Å². The Morgan fingerprint density at radius 1 is 1.38 bits per heavy atom. The fourth-order valence-corrected chi connectivity index (χ4v) is 2.58. The van der Waals surface area contributed by atoms with Gasteiger partial charge in [-0.1, -0.05) is 24.3 Å². The van der Waals surface area contributed by atoms with Crippen molar-refractivity contribution in [2.45, 2.75) is 12.5 Å². The standard InChI is InChI=1S/C19H20N2O3/c1-2-11-21(16-6-4-3-5-7-16)19(22)15-8-10-20-18(13-15)24-17-9-12-23-14-17/h2-8,10,13,17H,1,9,11-12,14H2/t17-/m0/s1. The molecule has 1 aliphatic heterocycles. The number of benzene rings is 1. The number of hydrogen-bond acceptors (Lipinski definition) is 4. The minimum Gasteiger partial charge on any atom is -0.472 e.